The fourth-order valence-corrected chi connectivity index (χ4v) is 8.23. The third-order valence-electron chi connectivity index (χ3n) is 10.4. The van der Waals surface area contributed by atoms with E-state index in [1.807, 2.05) is 0 Å². The van der Waals surface area contributed by atoms with Gasteiger partial charge in [0.1, 0.15) is 0 Å². The second-order valence-corrected chi connectivity index (χ2v) is 12.1. The summed E-state index contributed by atoms with van der Waals surface area (Å²) in [5.41, 5.74) is 18.9. The Hall–Kier alpha value is -2.60. The molecule has 0 heterocycles. The molecule has 0 radical (unpaired) electrons. The molecule has 0 saturated carbocycles. The summed E-state index contributed by atoms with van der Waals surface area (Å²) in [5.74, 6) is 1.41. The fourth-order valence-electron chi connectivity index (χ4n) is 8.23. The van der Waals surface area contributed by atoms with Crippen LogP contribution in [0.1, 0.15) is 99.1 Å². The predicted molar refractivity (Wildman–Crippen MR) is 150 cm³/mol. The summed E-state index contributed by atoms with van der Waals surface area (Å²) in [6, 6.07) is 14.2. The number of hydrogen-bond donors (Lipinski definition) is 0. The topological polar surface area (TPSA) is 0 Å². The first-order chi connectivity index (χ1) is 16.7. The van der Waals surface area contributed by atoms with Gasteiger partial charge in [0.05, 0.1) is 0 Å². The maximum Gasteiger partial charge on any atom is 0.0189 e. The van der Waals surface area contributed by atoms with E-state index in [9.17, 15) is 0 Å². The van der Waals surface area contributed by atoms with E-state index < -0.39 is 0 Å². The Kier molecular flexibility index (Phi) is 5.19. The van der Waals surface area contributed by atoms with E-state index >= 15 is 0 Å². The first kappa shape index (κ1) is 22.8. The lowest BCUT2D eigenvalue weighted by molar-refractivity contribution is 0.251. The molecule has 0 bridgehead atoms. The van der Waals surface area contributed by atoms with E-state index in [-0.39, 0.29) is 5.41 Å². The predicted octanol–water partition coefficient (Wildman–Crippen LogP) is 9.54. The van der Waals surface area contributed by atoms with E-state index in [0.29, 0.717) is 17.8 Å². The number of hydrogen-bond acceptors (Lipinski definition) is 0. The van der Waals surface area contributed by atoms with Crippen LogP contribution in [0.15, 0.2) is 76.4 Å². The van der Waals surface area contributed by atoms with Crippen molar-refractivity contribution in [2.75, 3.05) is 0 Å². The van der Waals surface area contributed by atoms with Crippen LogP contribution in [0.2, 0.25) is 0 Å². The van der Waals surface area contributed by atoms with Crippen molar-refractivity contribution in [1.29, 1.82) is 0 Å². The minimum Gasteiger partial charge on any atom is -0.0839 e. The van der Waals surface area contributed by atoms with Crippen molar-refractivity contribution in [3.05, 3.63) is 110 Å². The van der Waals surface area contributed by atoms with Crippen LogP contribution in [0.3, 0.4) is 0 Å². The van der Waals surface area contributed by atoms with Crippen molar-refractivity contribution in [3.8, 4) is 0 Å². The highest BCUT2D eigenvalue weighted by molar-refractivity contribution is 5.89. The molecule has 0 spiro atoms. The third kappa shape index (κ3) is 3.05. The molecule has 4 unspecified atom stereocenters. The lowest BCUT2D eigenvalue weighted by Gasteiger charge is -2.55. The van der Waals surface area contributed by atoms with Crippen LogP contribution in [0.25, 0.3) is 5.57 Å². The van der Waals surface area contributed by atoms with Crippen LogP contribution < -0.4 is 0 Å². The Bertz CT molecular complexity index is 1370. The molecular weight excluding hydrogens is 420 g/mol. The van der Waals surface area contributed by atoms with E-state index in [1.165, 1.54) is 36.0 Å². The summed E-state index contributed by atoms with van der Waals surface area (Å²) >= 11 is 0. The van der Waals surface area contributed by atoms with Crippen molar-refractivity contribution < 1.29 is 0 Å². The Morgan fingerprint density at radius 1 is 0.914 bits per heavy atom. The van der Waals surface area contributed by atoms with Gasteiger partial charge in [0.2, 0.25) is 0 Å². The lowest BCUT2D eigenvalue weighted by atomic mass is 9.49. The zero-order valence-electron chi connectivity index (χ0n) is 22.7. The van der Waals surface area contributed by atoms with E-state index in [0.717, 1.165) is 6.42 Å². The van der Waals surface area contributed by atoms with Crippen LogP contribution in [-0.4, -0.2) is 0 Å². The monoisotopic (exact) mass is 460 g/mol. The number of benzene rings is 2. The standard InChI is InChI=1S/C35H40/c1-20-16-17-28-25(6)35(7,33-22(3)18-21(2)24(5)32(33)31(28)23(20)4)34-29-14-10-8-12-26(29)19-27-13-9-11-15-30(27)34/h8,10-12,14-17,22,25,34H,9,13,18-19H2,1-7H3. The van der Waals surface area contributed by atoms with E-state index in [4.69, 9.17) is 0 Å². The number of fused-ring (bicyclic) bond motifs is 3. The quantitative estimate of drug-likeness (QED) is 0.397. The molecule has 0 nitrogen and oxygen atoms in total. The van der Waals surface area contributed by atoms with Gasteiger partial charge in [-0.15, -0.1) is 0 Å². The fraction of sp³-hybridized carbons (Fsp3) is 0.429. The van der Waals surface area contributed by atoms with Gasteiger partial charge in [-0.1, -0.05) is 86.0 Å². The van der Waals surface area contributed by atoms with E-state index in [1.54, 1.807) is 50.1 Å². The minimum absolute atomic E-state index is 0.0319. The van der Waals surface area contributed by atoms with Gasteiger partial charge in [0, 0.05) is 11.3 Å². The smallest absolute Gasteiger partial charge is 0.0189 e. The number of rotatable bonds is 1. The number of allylic oxidation sites excluding steroid dienone is 8. The normalized spacial score (nSPS) is 29.6. The molecule has 0 saturated heterocycles. The largest absolute Gasteiger partial charge is 0.0839 e. The van der Waals surface area contributed by atoms with Gasteiger partial charge >= 0.3 is 0 Å². The van der Waals surface area contributed by atoms with E-state index in [2.05, 4.69) is 97.0 Å². The van der Waals surface area contributed by atoms with Crippen LogP contribution in [-0.2, 0) is 6.42 Å². The average molecular weight is 461 g/mol. The summed E-state index contributed by atoms with van der Waals surface area (Å²) in [7, 11) is 0. The summed E-state index contributed by atoms with van der Waals surface area (Å²) < 4.78 is 0. The highest BCUT2D eigenvalue weighted by Gasteiger charge is 2.53. The van der Waals surface area contributed by atoms with Gasteiger partial charge in [-0.25, -0.2) is 0 Å². The third-order valence-corrected chi connectivity index (χ3v) is 10.4. The van der Waals surface area contributed by atoms with Crippen molar-refractivity contribution in [3.63, 3.8) is 0 Å². The van der Waals surface area contributed by atoms with Crippen LogP contribution >= 0.6 is 0 Å². The van der Waals surface area contributed by atoms with Gasteiger partial charge in [0.15, 0.2) is 0 Å². The Labute approximate surface area is 212 Å². The van der Waals surface area contributed by atoms with Crippen LogP contribution in [0.4, 0.5) is 0 Å². The number of aryl methyl sites for hydroxylation is 1. The summed E-state index contributed by atoms with van der Waals surface area (Å²) in [6.07, 6.45) is 9.67. The zero-order chi connectivity index (χ0) is 24.6. The molecular formula is C35H40. The van der Waals surface area contributed by atoms with Gasteiger partial charge < -0.3 is 0 Å². The first-order valence-corrected chi connectivity index (χ1v) is 13.7. The highest BCUT2D eigenvalue weighted by atomic mass is 14.6. The summed E-state index contributed by atoms with van der Waals surface area (Å²) in [6.45, 7) is 17.1. The zero-order valence-corrected chi connectivity index (χ0v) is 22.7. The van der Waals surface area contributed by atoms with Crippen molar-refractivity contribution in [2.24, 2.45) is 11.3 Å². The molecule has 0 fully saturated rings. The van der Waals surface area contributed by atoms with Crippen LogP contribution in [0.5, 0.6) is 0 Å². The molecule has 180 valence electrons. The van der Waals surface area contributed by atoms with Gasteiger partial charge in [-0.2, -0.15) is 0 Å². The molecule has 0 aromatic heterocycles. The highest BCUT2D eigenvalue weighted by Crippen LogP contribution is 2.66. The molecule has 0 aliphatic heterocycles. The van der Waals surface area contributed by atoms with Crippen molar-refractivity contribution >= 4 is 5.57 Å². The molecule has 0 amide bonds. The maximum absolute atomic E-state index is 2.63. The lowest BCUT2D eigenvalue weighted by Crippen LogP contribution is -2.42. The SMILES string of the molecule is CC1=C(C)C2=C(C(C)C1)C(C)(C1C3=C(CCC=C3)Cc3ccccc31)C(C)c1ccc(C)c(C)c12. The van der Waals surface area contributed by atoms with Crippen molar-refractivity contribution in [1.82, 2.24) is 0 Å². The van der Waals surface area contributed by atoms with Crippen molar-refractivity contribution in [2.45, 2.75) is 86.0 Å². The second-order valence-electron chi connectivity index (χ2n) is 12.1. The molecule has 0 heteroatoms. The summed E-state index contributed by atoms with van der Waals surface area (Å²) in [4.78, 5) is 0. The molecule has 0 N–H and O–H groups in total. The minimum atomic E-state index is 0.0319. The molecule has 4 aliphatic rings. The average Bonchev–Trinajstić information content (AvgIpc) is 2.85. The van der Waals surface area contributed by atoms with Gasteiger partial charge in [0.25, 0.3) is 0 Å². The molecule has 35 heavy (non-hydrogen) atoms. The van der Waals surface area contributed by atoms with Crippen LogP contribution in [0, 0.1) is 25.2 Å². The van der Waals surface area contributed by atoms with Gasteiger partial charge in [-0.3, -0.25) is 0 Å². The molecule has 4 aliphatic carbocycles. The van der Waals surface area contributed by atoms with Gasteiger partial charge in [-0.05, 0) is 115 Å². The molecule has 2 aromatic rings. The molecule has 4 atom stereocenters. The molecule has 6 rings (SSSR count). The Balaban J connectivity index is 1.73. The maximum atomic E-state index is 2.63. The molecule has 2 aromatic carbocycles. The summed E-state index contributed by atoms with van der Waals surface area (Å²) in [5, 5.41) is 0. The first-order valence-electron chi connectivity index (χ1n) is 13.7. The Morgan fingerprint density at radius 3 is 2.49 bits per heavy atom. The second kappa shape index (κ2) is 7.95. The Morgan fingerprint density at radius 2 is 1.69 bits per heavy atom.